The highest BCUT2D eigenvalue weighted by Crippen LogP contribution is 2.19. The monoisotopic (exact) mass is 354 g/mol. The van der Waals surface area contributed by atoms with Crippen LogP contribution in [-0.4, -0.2) is 63.1 Å². The number of aryl methyl sites for hydroxylation is 1. The van der Waals surface area contributed by atoms with E-state index in [4.69, 9.17) is 4.74 Å². The van der Waals surface area contributed by atoms with Crippen molar-refractivity contribution < 1.29 is 17.9 Å². The lowest BCUT2D eigenvalue weighted by Gasteiger charge is -2.35. The first-order valence-electron chi connectivity index (χ1n) is 8.15. The number of benzene rings is 1. The second-order valence-corrected chi connectivity index (χ2v) is 8.28. The van der Waals surface area contributed by atoms with E-state index in [9.17, 15) is 13.2 Å². The van der Waals surface area contributed by atoms with Crippen molar-refractivity contribution >= 4 is 15.9 Å². The fraction of sp³-hybridized carbons (Fsp3) is 0.588. The fourth-order valence-corrected chi connectivity index (χ4v) is 3.70. The Labute approximate surface area is 144 Å². The van der Waals surface area contributed by atoms with E-state index in [-0.39, 0.29) is 11.9 Å². The van der Waals surface area contributed by atoms with E-state index in [1.165, 1.54) is 10.6 Å². The first-order valence-corrected chi connectivity index (χ1v) is 10.00. The average molecular weight is 354 g/mol. The van der Waals surface area contributed by atoms with Gasteiger partial charge in [-0.3, -0.25) is 4.79 Å². The summed E-state index contributed by atoms with van der Waals surface area (Å²) >= 11 is 0. The summed E-state index contributed by atoms with van der Waals surface area (Å²) in [7, 11) is 0.0680. The first kappa shape index (κ1) is 18.7. The molecule has 1 aromatic rings. The van der Waals surface area contributed by atoms with Crippen molar-refractivity contribution in [3.05, 3.63) is 29.8 Å². The average Bonchev–Trinajstić information content (AvgIpc) is 2.58. The smallest absolute Gasteiger partial charge is 0.222 e. The van der Waals surface area contributed by atoms with E-state index >= 15 is 0 Å². The molecule has 0 bridgehead atoms. The normalized spacial score (nSPS) is 16.4. The lowest BCUT2D eigenvalue weighted by molar-refractivity contribution is -0.132. The Morgan fingerprint density at radius 2 is 1.83 bits per heavy atom. The summed E-state index contributed by atoms with van der Waals surface area (Å²) in [6.07, 6.45) is 3.78. The van der Waals surface area contributed by atoms with E-state index < -0.39 is 10.0 Å². The topological polar surface area (TPSA) is 66.9 Å². The molecule has 0 aromatic heterocycles. The predicted octanol–water partition coefficient (Wildman–Crippen LogP) is 1.51. The number of ether oxygens (including phenoxy) is 1. The van der Waals surface area contributed by atoms with Crippen molar-refractivity contribution in [2.45, 2.75) is 31.7 Å². The van der Waals surface area contributed by atoms with Crippen LogP contribution < -0.4 is 4.74 Å². The molecule has 1 heterocycles. The number of rotatable bonds is 6. The summed E-state index contributed by atoms with van der Waals surface area (Å²) in [5.74, 6) is 0.938. The molecule has 134 valence electrons. The standard InChI is InChI=1S/C17H26N2O4S/c1-18(24(3,21)22)15-10-12-19(13-11-15)17(20)9-6-14-4-7-16(23-2)8-5-14/h4-5,7-8,15H,6,9-13H2,1-3H3. The van der Waals surface area contributed by atoms with E-state index in [0.29, 0.717) is 38.8 Å². The molecule has 7 heteroatoms. The lowest BCUT2D eigenvalue weighted by atomic mass is 10.0. The molecule has 24 heavy (non-hydrogen) atoms. The molecular formula is C17H26N2O4S. The van der Waals surface area contributed by atoms with Gasteiger partial charge in [-0.1, -0.05) is 12.1 Å². The van der Waals surface area contributed by atoms with Crippen LogP contribution in [0.3, 0.4) is 0 Å². The maximum atomic E-state index is 12.3. The number of methoxy groups -OCH3 is 1. The second kappa shape index (κ2) is 7.98. The van der Waals surface area contributed by atoms with Crippen molar-refractivity contribution in [1.82, 2.24) is 9.21 Å². The molecule has 1 aliphatic heterocycles. The Morgan fingerprint density at radius 3 is 2.33 bits per heavy atom. The zero-order valence-electron chi connectivity index (χ0n) is 14.6. The van der Waals surface area contributed by atoms with Crippen LogP contribution in [-0.2, 0) is 21.2 Å². The van der Waals surface area contributed by atoms with Crippen LogP contribution in [0.15, 0.2) is 24.3 Å². The molecule has 0 unspecified atom stereocenters. The summed E-state index contributed by atoms with van der Waals surface area (Å²) in [5, 5.41) is 0. The second-order valence-electron chi connectivity index (χ2n) is 6.24. The number of likely N-dealkylation sites (tertiary alicyclic amines) is 1. The Morgan fingerprint density at radius 1 is 1.25 bits per heavy atom. The maximum Gasteiger partial charge on any atom is 0.222 e. The summed E-state index contributed by atoms with van der Waals surface area (Å²) in [6.45, 7) is 1.23. The number of hydrogen-bond acceptors (Lipinski definition) is 4. The number of carbonyl (C=O) groups excluding carboxylic acids is 1. The minimum atomic E-state index is -3.17. The van der Waals surface area contributed by atoms with Crippen LogP contribution in [0.1, 0.15) is 24.8 Å². The third-order valence-corrected chi connectivity index (χ3v) is 5.99. The molecule has 0 saturated carbocycles. The van der Waals surface area contributed by atoms with E-state index in [1.807, 2.05) is 29.2 Å². The molecule has 1 aromatic carbocycles. The SMILES string of the molecule is COc1ccc(CCC(=O)N2CCC(N(C)S(C)(=O)=O)CC2)cc1. The third kappa shape index (κ3) is 4.95. The van der Waals surface area contributed by atoms with Gasteiger partial charge in [0.2, 0.25) is 15.9 Å². The molecule has 1 saturated heterocycles. The van der Waals surface area contributed by atoms with Crippen LogP contribution in [0.4, 0.5) is 0 Å². The highest BCUT2D eigenvalue weighted by molar-refractivity contribution is 7.88. The quantitative estimate of drug-likeness (QED) is 0.777. The number of sulfonamides is 1. The number of carbonyl (C=O) groups is 1. The fourth-order valence-electron chi connectivity index (χ4n) is 2.95. The van der Waals surface area contributed by atoms with Gasteiger partial charge in [-0.05, 0) is 37.0 Å². The van der Waals surface area contributed by atoms with Crippen LogP contribution >= 0.6 is 0 Å². The predicted molar refractivity (Wildman–Crippen MR) is 93.5 cm³/mol. The Hall–Kier alpha value is -1.60. The molecule has 0 N–H and O–H groups in total. The van der Waals surface area contributed by atoms with Gasteiger partial charge in [0.05, 0.1) is 13.4 Å². The number of amides is 1. The minimum Gasteiger partial charge on any atom is -0.497 e. The van der Waals surface area contributed by atoms with Gasteiger partial charge < -0.3 is 9.64 Å². The van der Waals surface area contributed by atoms with Gasteiger partial charge >= 0.3 is 0 Å². The van der Waals surface area contributed by atoms with Crippen molar-refractivity contribution in [2.75, 3.05) is 33.5 Å². The van der Waals surface area contributed by atoms with Gasteiger partial charge in [-0.25, -0.2) is 12.7 Å². The molecule has 0 spiro atoms. The van der Waals surface area contributed by atoms with Crippen LogP contribution in [0, 0.1) is 0 Å². The van der Waals surface area contributed by atoms with Crippen LogP contribution in [0.25, 0.3) is 0 Å². The zero-order chi connectivity index (χ0) is 17.7. The third-order valence-electron chi connectivity index (χ3n) is 4.64. The van der Waals surface area contributed by atoms with E-state index in [2.05, 4.69) is 0 Å². The minimum absolute atomic E-state index is 0.00867. The van der Waals surface area contributed by atoms with Gasteiger partial charge in [0.15, 0.2) is 0 Å². The molecule has 0 radical (unpaired) electrons. The largest absolute Gasteiger partial charge is 0.497 e. The molecular weight excluding hydrogens is 328 g/mol. The Kier molecular flexibility index (Phi) is 6.23. The number of piperidine rings is 1. The van der Waals surface area contributed by atoms with Gasteiger partial charge in [0.25, 0.3) is 0 Å². The molecule has 1 aliphatic rings. The van der Waals surface area contributed by atoms with Gasteiger partial charge in [-0.15, -0.1) is 0 Å². The zero-order valence-corrected chi connectivity index (χ0v) is 15.4. The molecule has 2 rings (SSSR count). The highest BCUT2D eigenvalue weighted by atomic mass is 32.2. The molecule has 1 amide bonds. The molecule has 0 atom stereocenters. The van der Waals surface area contributed by atoms with Crippen molar-refractivity contribution in [3.63, 3.8) is 0 Å². The summed E-state index contributed by atoms with van der Waals surface area (Å²) in [6, 6.07) is 7.72. The maximum absolute atomic E-state index is 12.3. The number of hydrogen-bond donors (Lipinski definition) is 0. The van der Waals surface area contributed by atoms with Gasteiger partial charge in [-0.2, -0.15) is 0 Å². The first-order chi connectivity index (χ1) is 11.3. The van der Waals surface area contributed by atoms with Crippen molar-refractivity contribution in [2.24, 2.45) is 0 Å². The van der Waals surface area contributed by atoms with Crippen molar-refractivity contribution in [3.8, 4) is 5.75 Å². The van der Waals surface area contributed by atoms with E-state index in [0.717, 1.165) is 11.3 Å². The van der Waals surface area contributed by atoms with Gasteiger partial charge in [0, 0.05) is 32.6 Å². The molecule has 6 nitrogen and oxygen atoms in total. The summed E-state index contributed by atoms with van der Waals surface area (Å²) < 4.78 is 29.7. The Bertz CT molecular complexity index is 650. The molecule has 0 aliphatic carbocycles. The van der Waals surface area contributed by atoms with Crippen LogP contribution in [0.2, 0.25) is 0 Å². The molecule has 1 fully saturated rings. The lowest BCUT2D eigenvalue weighted by Crippen LogP contribution is -2.47. The van der Waals surface area contributed by atoms with E-state index in [1.54, 1.807) is 14.2 Å². The Balaban J connectivity index is 1.80. The van der Waals surface area contributed by atoms with Gasteiger partial charge in [0.1, 0.15) is 5.75 Å². The number of nitrogens with zero attached hydrogens (tertiary/aromatic N) is 2. The summed E-state index contributed by atoms with van der Waals surface area (Å²) in [5.41, 5.74) is 1.11. The van der Waals surface area contributed by atoms with Crippen LogP contribution in [0.5, 0.6) is 5.75 Å². The summed E-state index contributed by atoms with van der Waals surface area (Å²) in [4.78, 5) is 14.2. The van der Waals surface area contributed by atoms with Crippen molar-refractivity contribution in [1.29, 1.82) is 0 Å². The highest BCUT2D eigenvalue weighted by Gasteiger charge is 2.28.